The van der Waals surface area contributed by atoms with Gasteiger partial charge in [0.1, 0.15) is 0 Å². The third-order valence-corrected chi connectivity index (χ3v) is 4.14. The number of hydrogen-bond donors (Lipinski definition) is 0. The van der Waals surface area contributed by atoms with Gasteiger partial charge in [-0.3, -0.25) is 4.79 Å². The molecule has 106 valence electrons. The van der Waals surface area contributed by atoms with Crippen LogP contribution >= 0.6 is 11.8 Å². The molecule has 0 saturated carbocycles. The summed E-state index contributed by atoms with van der Waals surface area (Å²) >= 11 is 1.45. The molecule has 19 heavy (non-hydrogen) atoms. The highest BCUT2D eigenvalue weighted by atomic mass is 32.2. The molecule has 0 spiro atoms. The summed E-state index contributed by atoms with van der Waals surface area (Å²) in [7, 11) is 0. The van der Waals surface area contributed by atoms with Gasteiger partial charge in [0.2, 0.25) is 11.1 Å². The van der Waals surface area contributed by atoms with Crippen LogP contribution in [-0.2, 0) is 11.3 Å². The van der Waals surface area contributed by atoms with E-state index in [1.54, 1.807) is 4.68 Å². The van der Waals surface area contributed by atoms with E-state index in [-0.39, 0.29) is 11.2 Å². The van der Waals surface area contributed by atoms with E-state index in [4.69, 9.17) is 0 Å². The van der Waals surface area contributed by atoms with E-state index in [0.29, 0.717) is 5.92 Å². The van der Waals surface area contributed by atoms with E-state index >= 15 is 0 Å². The number of tetrazole rings is 1. The van der Waals surface area contributed by atoms with Crippen molar-refractivity contribution < 1.29 is 4.79 Å². The standard InChI is InChI=1S/C12H21N5OS/c1-9(2)8-17-12(13-14-15-17)19-10(3)11(18)16-6-4-5-7-16/h9-10H,4-8H2,1-3H3. The van der Waals surface area contributed by atoms with Crippen LogP contribution in [0.2, 0.25) is 0 Å². The van der Waals surface area contributed by atoms with Crippen molar-refractivity contribution in [3.63, 3.8) is 0 Å². The molecule has 1 saturated heterocycles. The van der Waals surface area contributed by atoms with Gasteiger partial charge in [0.05, 0.1) is 5.25 Å². The first-order valence-electron chi connectivity index (χ1n) is 6.79. The number of thioether (sulfide) groups is 1. The zero-order valence-electron chi connectivity index (χ0n) is 11.7. The lowest BCUT2D eigenvalue weighted by molar-refractivity contribution is -0.129. The number of likely N-dealkylation sites (tertiary alicyclic amines) is 1. The fraction of sp³-hybridized carbons (Fsp3) is 0.833. The number of carbonyl (C=O) groups is 1. The number of rotatable bonds is 5. The predicted molar refractivity (Wildman–Crippen MR) is 73.8 cm³/mol. The van der Waals surface area contributed by atoms with Crippen molar-refractivity contribution in [1.29, 1.82) is 0 Å². The van der Waals surface area contributed by atoms with Crippen LogP contribution in [0.4, 0.5) is 0 Å². The van der Waals surface area contributed by atoms with Gasteiger partial charge in [0.15, 0.2) is 0 Å². The maximum Gasteiger partial charge on any atom is 0.235 e. The Morgan fingerprint density at radius 1 is 1.32 bits per heavy atom. The molecule has 1 amide bonds. The summed E-state index contributed by atoms with van der Waals surface area (Å²) in [6, 6.07) is 0. The molecule has 1 atom stereocenters. The summed E-state index contributed by atoms with van der Waals surface area (Å²) in [5.41, 5.74) is 0. The van der Waals surface area contributed by atoms with Crippen LogP contribution in [0.1, 0.15) is 33.6 Å². The van der Waals surface area contributed by atoms with Gasteiger partial charge in [-0.25, -0.2) is 4.68 Å². The number of carbonyl (C=O) groups excluding carboxylic acids is 1. The maximum atomic E-state index is 12.2. The molecular formula is C12H21N5OS. The Morgan fingerprint density at radius 3 is 2.63 bits per heavy atom. The summed E-state index contributed by atoms with van der Waals surface area (Å²) in [5, 5.41) is 12.3. The predicted octanol–water partition coefficient (Wildman–Crippen LogP) is 1.43. The van der Waals surface area contributed by atoms with Gasteiger partial charge in [0, 0.05) is 19.6 Å². The van der Waals surface area contributed by atoms with E-state index in [2.05, 4.69) is 29.4 Å². The van der Waals surface area contributed by atoms with Crippen molar-refractivity contribution >= 4 is 17.7 Å². The van der Waals surface area contributed by atoms with E-state index < -0.39 is 0 Å². The molecule has 0 aromatic carbocycles. The molecular weight excluding hydrogens is 262 g/mol. The van der Waals surface area contributed by atoms with Crippen LogP contribution in [-0.4, -0.2) is 49.4 Å². The minimum Gasteiger partial charge on any atom is -0.342 e. The third kappa shape index (κ3) is 3.68. The second kappa shape index (κ2) is 6.36. The molecule has 1 aliphatic rings. The van der Waals surface area contributed by atoms with Crippen LogP contribution in [0.25, 0.3) is 0 Å². The van der Waals surface area contributed by atoms with E-state index in [0.717, 1.165) is 37.6 Å². The van der Waals surface area contributed by atoms with Gasteiger partial charge in [-0.2, -0.15) is 0 Å². The summed E-state index contributed by atoms with van der Waals surface area (Å²) in [6.07, 6.45) is 2.24. The molecule has 7 heteroatoms. The zero-order chi connectivity index (χ0) is 13.8. The first-order chi connectivity index (χ1) is 9.08. The van der Waals surface area contributed by atoms with Gasteiger partial charge in [-0.05, 0) is 36.1 Å². The van der Waals surface area contributed by atoms with Crippen LogP contribution < -0.4 is 0 Å². The fourth-order valence-electron chi connectivity index (χ4n) is 2.14. The first-order valence-corrected chi connectivity index (χ1v) is 7.67. The Kier molecular flexibility index (Phi) is 4.79. The number of amides is 1. The summed E-state index contributed by atoms with van der Waals surface area (Å²) in [5.74, 6) is 0.675. The van der Waals surface area contributed by atoms with Crippen molar-refractivity contribution in [1.82, 2.24) is 25.1 Å². The lowest BCUT2D eigenvalue weighted by atomic mass is 10.2. The molecule has 1 aromatic heterocycles. The average molecular weight is 283 g/mol. The third-order valence-electron chi connectivity index (χ3n) is 3.08. The van der Waals surface area contributed by atoms with Crippen LogP contribution in [0.3, 0.4) is 0 Å². The quantitative estimate of drug-likeness (QED) is 0.765. The second-order valence-electron chi connectivity index (χ2n) is 5.33. The van der Waals surface area contributed by atoms with Gasteiger partial charge in [-0.15, -0.1) is 5.10 Å². The monoisotopic (exact) mass is 283 g/mol. The number of aromatic nitrogens is 4. The molecule has 1 aromatic rings. The van der Waals surface area contributed by atoms with Crippen molar-refractivity contribution in [3.8, 4) is 0 Å². The zero-order valence-corrected chi connectivity index (χ0v) is 12.6. The molecule has 0 radical (unpaired) electrons. The Balaban J connectivity index is 1.96. The van der Waals surface area contributed by atoms with E-state index in [1.165, 1.54) is 11.8 Å². The maximum absolute atomic E-state index is 12.2. The second-order valence-corrected chi connectivity index (χ2v) is 6.64. The van der Waals surface area contributed by atoms with Crippen molar-refractivity contribution in [3.05, 3.63) is 0 Å². The number of hydrogen-bond acceptors (Lipinski definition) is 5. The fourth-order valence-corrected chi connectivity index (χ4v) is 3.03. The Bertz CT molecular complexity index is 428. The molecule has 1 aliphatic heterocycles. The van der Waals surface area contributed by atoms with Crippen LogP contribution in [0.5, 0.6) is 0 Å². The van der Waals surface area contributed by atoms with Gasteiger partial charge >= 0.3 is 0 Å². The lowest BCUT2D eigenvalue weighted by Crippen LogP contribution is -2.34. The van der Waals surface area contributed by atoms with Crippen LogP contribution in [0.15, 0.2) is 5.16 Å². The SMILES string of the molecule is CC(C)Cn1nnnc1SC(C)C(=O)N1CCCC1. The van der Waals surface area contributed by atoms with Gasteiger partial charge in [-0.1, -0.05) is 25.6 Å². The Morgan fingerprint density at radius 2 is 2.00 bits per heavy atom. The van der Waals surface area contributed by atoms with Gasteiger partial charge < -0.3 is 4.90 Å². The highest BCUT2D eigenvalue weighted by molar-refractivity contribution is 8.00. The highest BCUT2D eigenvalue weighted by Gasteiger charge is 2.25. The molecule has 2 heterocycles. The summed E-state index contributed by atoms with van der Waals surface area (Å²) < 4.78 is 1.78. The molecule has 0 N–H and O–H groups in total. The van der Waals surface area contributed by atoms with Gasteiger partial charge in [0.25, 0.3) is 0 Å². The molecule has 2 rings (SSSR count). The summed E-state index contributed by atoms with van der Waals surface area (Å²) in [6.45, 7) is 8.73. The average Bonchev–Trinajstić information content (AvgIpc) is 2.99. The van der Waals surface area contributed by atoms with E-state index in [1.807, 2.05) is 11.8 Å². The smallest absolute Gasteiger partial charge is 0.235 e. The van der Waals surface area contributed by atoms with Crippen molar-refractivity contribution in [2.45, 2.75) is 50.6 Å². The van der Waals surface area contributed by atoms with Crippen LogP contribution in [0, 0.1) is 5.92 Å². The summed E-state index contributed by atoms with van der Waals surface area (Å²) in [4.78, 5) is 14.2. The minimum atomic E-state index is -0.130. The largest absolute Gasteiger partial charge is 0.342 e. The normalized spacial score (nSPS) is 17.2. The molecule has 1 fully saturated rings. The number of nitrogens with zero attached hydrogens (tertiary/aromatic N) is 5. The van der Waals surface area contributed by atoms with Crippen molar-refractivity contribution in [2.75, 3.05) is 13.1 Å². The van der Waals surface area contributed by atoms with E-state index in [9.17, 15) is 4.79 Å². The topological polar surface area (TPSA) is 63.9 Å². The highest BCUT2D eigenvalue weighted by Crippen LogP contribution is 2.23. The Hall–Kier alpha value is -1.11. The molecule has 0 bridgehead atoms. The van der Waals surface area contributed by atoms with Crippen molar-refractivity contribution in [2.24, 2.45) is 5.92 Å². The molecule has 0 aliphatic carbocycles. The Labute approximate surface area is 117 Å². The molecule has 6 nitrogen and oxygen atoms in total. The first kappa shape index (κ1) is 14.3. The molecule has 1 unspecified atom stereocenters. The lowest BCUT2D eigenvalue weighted by Gasteiger charge is -2.19. The minimum absolute atomic E-state index is 0.130.